The van der Waals surface area contributed by atoms with Crippen LogP contribution < -0.4 is 0 Å². The van der Waals surface area contributed by atoms with E-state index >= 15 is 0 Å². The minimum absolute atomic E-state index is 0.139. The van der Waals surface area contributed by atoms with Crippen LogP contribution in [0.1, 0.15) is 61.0 Å². The highest BCUT2D eigenvalue weighted by molar-refractivity contribution is 5.57. The van der Waals surface area contributed by atoms with Gasteiger partial charge in [-0.15, -0.1) is 0 Å². The highest BCUT2D eigenvalue weighted by Gasteiger charge is 2.55. The van der Waals surface area contributed by atoms with Gasteiger partial charge in [-0.2, -0.15) is 0 Å². The summed E-state index contributed by atoms with van der Waals surface area (Å²) < 4.78 is 0. The number of hydrogen-bond acceptors (Lipinski definition) is 2. The Morgan fingerprint density at radius 3 is 1.73 bits per heavy atom. The first-order valence-corrected chi connectivity index (χ1v) is 9.34. The minimum atomic E-state index is -0.454. The van der Waals surface area contributed by atoms with Crippen LogP contribution in [-0.4, -0.2) is 10.2 Å². The standard InChI is InChI=1S/C24H34O2/c1-21(2,3)24(22(4,5)6)16-15-23(7,8)19(20(24)26)14-11-17-9-12-18(25)13-10-17/h9-16,25-26H,1-8H3. The highest BCUT2D eigenvalue weighted by Crippen LogP contribution is 2.60. The Balaban J connectivity index is 2.64. The zero-order valence-electron chi connectivity index (χ0n) is 17.5. The van der Waals surface area contributed by atoms with Crippen molar-refractivity contribution in [3.63, 3.8) is 0 Å². The molecule has 0 amide bonds. The van der Waals surface area contributed by atoms with Crippen LogP contribution in [0.5, 0.6) is 5.75 Å². The molecule has 0 bridgehead atoms. The number of phenols is 1. The van der Waals surface area contributed by atoms with Crippen molar-refractivity contribution in [1.29, 1.82) is 0 Å². The number of benzene rings is 1. The number of phenolic OH excluding ortho intramolecular Hbond substituents is 1. The van der Waals surface area contributed by atoms with Crippen LogP contribution in [0.2, 0.25) is 0 Å². The molecule has 0 radical (unpaired) electrons. The van der Waals surface area contributed by atoms with Crippen molar-refractivity contribution in [2.45, 2.75) is 55.4 Å². The van der Waals surface area contributed by atoms with E-state index in [0.717, 1.165) is 11.1 Å². The molecule has 0 aromatic heterocycles. The highest BCUT2D eigenvalue weighted by atomic mass is 16.3. The molecule has 142 valence electrons. The lowest BCUT2D eigenvalue weighted by Gasteiger charge is -2.54. The molecule has 26 heavy (non-hydrogen) atoms. The zero-order valence-corrected chi connectivity index (χ0v) is 17.5. The maximum atomic E-state index is 11.5. The van der Waals surface area contributed by atoms with Crippen molar-refractivity contribution in [3.8, 4) is 5.75 Å². The van der Waals surface area contributed by atoms with E-state index in [2.05, 4.69) is 67.5 Å². The van der Waals surface area contributed by atoms with Gasteiger partial charge in [-0.05, 0) is 34.1 Å². The van der Waals surface area contributed by atoms with Crippen molar-refractivity contribution in [3.05, 3.63) is 59.4 Å². The fraction of sp³-hybridized carbons (Fsp3) is 0.500. The molecule has 0 atom stereocenters. The third-order valence-electron chi connectivity index (χ3n) is 5.77. The van der Waals surface area contributed by atoms with Gasteiger partial charge >= 0.3 is 0 Å². The number of rotatable bonds is 2. The summed E-state index contributed by atoms with van der Waals surface area (Å²) in [5.74, 6) is 0.713. The van der Waals surface area contributed by atoms with Crippen LogP contribution in [0, 0.1) is 21.7 Å². The number of aliphatic hydroxyl groups is 1. The second kappa shape index (κ2) is 6.33. The molecule has 2 rings (SSSR count). The van der Waals surface area contributed by atoms with E-state index in [4.69, 9.17) is 0 Å². The summed E-state index contributed by atoms with van der Waals surface area (Å²) in [6.07, 6.45) is 8.49. The molecule has 0 unspecified atom stereocenters. The fourth-order valence-electron chi connectivity index (χ4n) is 4.41. The summed E-state index contributed by atoms with van der Waals surface area (Å²) in [5, 5.41) is 21.0. The van der Waals surface area contributed by atoms with Gasteiger partial charge < -0.3 is 10.2 Å². The lowest BCUT2D eigenvalue weighted by atomic mass is 9.50. The maximum Gasteiger partial charge on any atom is 0.115 e. The van der Waals surface area contributed by atoms with E-state index in [1.54, 1.807) is 12.1 Å². The van der Waals surface area contributed by atoms with Crippen LogP contribution in [0.3, 0.4) is 0 Å². The zero-order chi connectivity index (χ0) is 20.0. The fourth-order valence-corrected chi connectivity index (χ4v) is 4.41. The third-order valence-corrected chi connectivity index (χ3v) is 5.77. The Bertz CT molecular complexity index is 731. The predicted octanol–water partition coefficient (Wildman–Crippen LogP) is 6.89. The lowest BCUT2D eigenvalue weighted by Crippen LogP contribution is -2.49. The van der Waals surface area contributed by atoms with Gasteiger partial charge in [-0.3, -0.25) is 0 Å². The second-order valence-corrected chi connectivity index (χ2v) is 10.1. The normalized spacial score (nSPS) is 20.0. The van der Waals surface area contributed by atoms with E-state index in [-0.39, 0.29) is 22.0 Å². The van der Waals surface area contributed by atoms with Crippen molar-refractivity contribution in [2.24, 2.45) is 21.7 Å². The molecule has 2 N–H and O–H groups in total. The smallest absolute Gasteiger partial charge is 0.115 e. The van der Waals surface area contributed by atoms with E-state index < -0.39 is 5.41 Å². The second-order valence-electron chi connectivity index (χ2n) is 10.1. The molecule has 2 nitrogen and oxygen atoms in total. The van der Waals surface area contributed by atoms with Gasteiger partial charge in [0.05, 0.1) is 5.41 Å². The monoisotopic (exact) mass is 354 g/mol. The van der Waals surface area contributed by atoms with Crippen molar-refractivity contribution < 1.29 is 10.2 Å². The number of allylic oxidation sites excluding steroid dienone is 4. The van der Waals surface area contributed by atoms with Crippen molar-refractivity contribution in [1.82, 2.24) is 0 Å². The summed E-state index contributed by atoms with van der Waals surface area (Å²) in [6.45, 7) is 17.4. The molecule has 0 saturated carbocycles. The van der Waals surface area contributed by atoms with Gasteiger partial charge in [0.1, 0.15) is 11.5 Å². The largest absolute Gasteiger partial charge is 0.511 e. The van der Waals surface area contributed by atoms with E-state index in [1.165, 1.54) is 0 Å². The van der Waals surface area contributed by atoms with Gasteiger partial charge in [0.2, 0.25) is 0 Å². The summed E-state index contributed by atoms with van der Waals surface area (Å²) in [6, 6.07) is 7.09. The SMILES string of the molecule is CC1(C)C=CC(C(C)(C)C)(C(C)(C)C)C(O)=C1C=Cc1ccc(O)cc1. The Morgan fingerprint density at radius 1 is 0.769 bits per heavy atom. The quantitative estimate of drug-likeness (QED) is 0.567. The van der Waals surface area contributed by atoms with E-state index in [1.807, 2.05) is 24.3 Å². The van der Waals surface area contributed by atoms with E-state index in [9.17, 15) is 10.2 Å². The summed E-state index contributed by atoms with van der Waals surface area (Å²) in [4.78, 5) is 0. The summed E-state index contributed by atoms with van der Waals surface area (Å²) >= 11 is 0. The van der Waals surface area contributed by atoms with Gasteiger partial charge in [0.25, 0.3) is 0 Å². The predicted molar refractivity (Wildman–Crippen MR) is 111 cm³/mol. The molecule has 1 aromatic carbocycles. The van der Waals surface area contributed by atoms with Crippen LogP contribution in [0.25, 0.3) is 6.08 Å². The molecule has 1 aromatic rings. The Morgan fingerprint density at radius 2 is 1.27 bits per heavy atom. The molecule has 1 aliphatic carbocycles. The molecular formula is C24H34O2. The van der Waals surface area contributed by atoms with Crippen LogP contribution in [0.15, 0.2) is 53.8 Å². The first kappa shape index (κ1) is 20.4. The molecule has 1 aliphatic rings. The maximum absolute atomic E-state index is 11.5. The van der Waals surface area contributed by atoms with E-state index in [0.29, 0.717) is 5.76 Å². The first-order valence-electron chi connectivity index (χ1n) is 9.34. The van der Waals surface area contributed by atoms with Crippen molar-refractivity contribution >= 4 is 6.08 Å². The Hall–Kier alpha value is -1.96. The third kappa shape index (κ3) is 3.34. The van der Waals surface area contributed by atoms with Gasteiger partial charge in [-0.1, -0.05) is 91.8 Å². The average molecular weight is 355 g/mol. The minimum Gasteiger partial charge on any atom is -0.511 e. The molecule has 0 aliphatic heterocycles. The van der Waals surface area contributed by atoms with Gasteiger partial charge in [0, 0.05) is 5.41 Å². The molecule has 2 heteroatoms. The van der Waals surface area contributed by atoms with Crippen LogP contribution >= 0.6 is 0 Å². The van der Waals surface area contributed by atoms with Gasteiger partial charge in [-0.25, -0.2) is 0 Å². The van der Waals surface area contributed by atoms with Gasteiger partial charge in [0.15, 0.2) is 0 Å². The summed E-state index contributed by atoms with van der Waals surface area (Å²) in [5.41, 5.74) is 0.949. The number of hydrogen-bond donors (Lipinski definition) is 2. The molecule has 0 fully saturated rings. The first-order chi connectivity index (χ1) is 11.7. The molecule has 0 heterocycles. The lowest BCUT2D eigenvalue weighted by molar-refractivity contribution is 0.00820. The Labute approximate surface area is 159 Å². The number of aliphatic hydroxyl groups excluding tert-OH is 1. The van der Waals surface area contributed by atoms with Crippen molar-refractivity contribution in [2.75, 3.05) is 0 Å². The molecule has 0 spiro atoms. The topological polar surface area (TPSA) is 40.5 Å². The van der Waals surface area contributed by atoms with Crippen LogP contribution in [-0.2, 0) is 0 Å². The molecular weight excluding hydrogens is 320 g/mol. The average Bonchev–Trinajstić information content (AvgIpc) is 2.45. The summed E-state index contributed by atoms with van der Waals surface area (Å²) in [7, 11) is 0. The van der Waals surface area contributed by atoms with Crippen LogP contribution in [0.4, 0.5) is 0 Å². The Kier molecular flexibility index (Phi) is 4.96. The molecule has 0 saturated heterocycles. The number of aromatic hydroxyl groups is 1.